The Kier molecular flexibility index (Phi) is 4.15. The lowest BCUT2D eigenvalue weighted by atomic mass is 10.1. The molecule has 8 heteroatoms. The minimum Gasteiger partial charge on any atom is -0.493 e. The molecule has 0 saturated carbocycles. The number of ether oxygens (including phenoxy) is 1. The number of carbonyl (C=O) groups is 1. The van der Waals surface area contributed by atoms with Crippen LogP contribution in [0.4, 0.5) is 20.5 Å². The molecule has 0 radical (unpaired) electrons. The minimum absolute atomic E-state index is 0.116. The molecule has 3 heterocycles. The molecule has 1 amide bonds. The van der Waals surface area contributed by atoms with Crippen LogP contribution in [-0.4, -0.2) is 36.5 Å². The highest BCUT2D eigenvalue weighted by Gasteiger charge is 2.36. The first-order valence-electron chi connectivity index (χ1n) is 9.57. The first-order valence-corrected chi connectivity index (χ1v) is 9.57. The van der Waals surface area contributed by atoms with Crippen LogP contribution in [0.1, 0.15) is 28.8 Å². The predicted octanol–water partition coefficient (Wildman–Crippen LogP) is 4.25. The van der Waals surface area contributed by atoms with Crippen LogP contribution in [0.2, 0.25) is 0 Å². The Hall–Kier alpha value is -3.16. The summed E-state index contributed by atoms with van der Waals surface area (Å²) in [6.45, 7) is 0.716. The maximum absolute atomic E-state index is 13.7. The Labute approximate surface area is 165 Å². The van der Waals surface area contributed by atoms with Crippen molar-refractivity contribution in [3.63, 3.8) is 0 Å². The number of aromatic nitrogens is 1. The Balaban J connectivity index is 1.35. The van der Waals surface area contributed by atoms with Gasteiger partial charge in [-0.2, -0.15) is 4.98 Å². The van der Waals surface area contributed by atoms with E-state index in [0.717, 1.165) is 17.7 Å². The zero-order valence-corrected chi connectivity index (χ0v) is 15.6. The van der Waals surface area contributed by atoms with E-state index in [1.54, 1.807) is 30.3 Å². The van der Waals surface area contributed by atoms with E-state index in [0.29, 0.717) is 41.9 Å². The number of fused-ring (bicyclic) bond motifs is 2. The van der Waals surface area contributed by atoms with E-state index in [1.807, 2.05) is 6.07 Å². The maximum Gasteiger partial charge on any atom is 0.298 e. The topological polar surface area (TPSA) is 67.6 Å². The zero-order chi connectivity index (χ0) is 20.0. The van der Waals surface area contributed by atoms with E-state index in [4.69, 9.17) is 9.15 Å². The van der Waals surface area contributed by atoms with Crippen molar-refractivity contribution in [1.82, 2.24) is 4.98 Å². The Morgan fingerprint density at radius 1 is 1.21 bits per heavy atom. The lowest BCUT2D eigenvalue weighted by Gasteiger charge is -2.31. The molecule has 2 aromatic carbocycles. The summed E-state index contributed by atoms with van der Waals surface area (Å²) in [7, 11) is 0. The van der Waals surface area contributed by atoms with Crippen molar-refractivity contribution >= 4 is 28.7 Å². The second-order valence-electron chi connectivity index (χ2n) is 7.44. The number of benzene rings is 2. The van der Waals surface area contributed by atoms with Crippen LogP contribution in [0.25, 0.3) is 11.1 Å². The highest BCUT2D eigenvalue weighted by Crippen LogP contribution is 2.32. The Morgan fingerprint density at radius 3 is 2.97 bits per heavy atom. The molecule has 0 atom stereocenters. The molecule has 1 saturated heterocycles. The van der Waals surface area contributed by atoms with E-state index in [2.05, 4.69) is 10.3 Å². The van der Waals surface area contributed by atoms with E-state index in [9.17, 15) is 13.6 Å². The van der Waals surface area contributed by atoms with Crippen LogP contribution in [0.15, 0.2) is 40.8 Å². The number of anilines is 2. The molecule has 0 spiro atoms. The van der Waals surface area contributed by atoms with Gasteiger partial charge in [0.05, 0.1) is 13.2 Å². The number of hydrogen-bond acceptors (Lipinski definition) is 5. The predicted molar refractivity (Wildman–Crippen MR) is 104 cm³/mol. The number of alkyl halides is 2. The Bertz CT molecular complexity index is 1100. The summed E-state index contributed by atoms with van der Waals surface area (Å²) < 4.78 is 38.5. The maximum atomic E-state index is 13.7. The van der Waals surface area contributed by atoms with Crippen LogP contribution in [-0.2, 0) is 6.42 Å². The number of hydrogen-bond donors (Lipinski definition) is 1. The van der Waals surface area contributed by atoms with Crippen LogP contribution >= 0.6 is 0 Å². The molecule has 6 nitrogen and oxygen atoms in total. The molecular formula is C21H19F2N3O3. The number of amides is 1. The summed E-state index contributed by atoms with van der Waals surface area (Å²) >= 11 is 0. The van der Waals surface area contributed by atoms with E-state index in [1.165, 1.54) is 4.90 Å². The second-order valence-corrected chi connectivity index (χ2v) is 7.44. The fraction of sp³-hybridized carbons (Fsp3) is 0.333. The lowest BCUT2D eigenvalue weighted by molar-refractivity contribution is -0.0127. The average molecular weight is 399 g/mol. The number of nitrogens with zero attached hydrogens (tertiary/aromatic N) is 2. The molecule has 3 aromatic rings. The average Bonchev–Trinajstić information content (AvgIpc) is 3.33. The molecule has 29 heavy (non-hydrogen) atoms. The highest BCUT2D eigenvalue weighted by molar-refractivity contribution is 6.05. The van der Waals surface area contributed by atoms with Gasteiger partial charge in [0, 0.05) is 30.6 Å². The first kappa shape index (κ1) is 17.9. The van der Waals surface area contributed by atoms with Crippen LogP contribution in [0.5, 0.6) is 5.75 Å². The first-order chi connectivity index (χ1) is 14.0. The van der Waals surface area contributed by atoms with E-state index in [-0.39, 0.29) is 18.3 Å². The summed E-state index contributed by atoms with van der Waals surface area (Å²) in [4.78, 5) is 18.4. The lowest BCUT2D eigenvalue weighted by Crippen LogP contribution is -2.42. The molecule has 0 aliphatic carbocycles. The van der Waals surface area contributed by atoms with Gasteiger partial charge in [-0.25, -0.2) is 8.78 Å². The fourth-order valence-corrected chi connectivity index (χ4v) is 3.79. The summed E-state index contributed by atoms with van der Waals surface area (Å²) in [6, 6.07) is 10.6. The fourth-order valence-electron chi connectivity index (χ4n) is 3.79. The SMILES string of the molecule is O=C(Nc1ccc2oc(N3CCCC(F)(F)C3)nc2c1)c1ccc2c(c1)CCO2. The van der Waals surface area contributed by atoms with Crippen molar-refractivity contribution in [3.05, 3.63) is 47.5 Å². The summed E-state index contributed by atoms with van der Waals surface area (Å²) in [5.74, 6) is -2.15. The van der Waals surface area contributed by atoms with Gasteiger partial charge >= 0.3 is 0 Å². The van der Waals surface area contributed by atoms with Crippen LogP contribution in [0.3, 0.4) is 0 Å². The molecule has 2 aliphatic heterocycles. The van der Waals surface area contributed by atoms with Crippen molar-refractivity contribution < 1.29 is 22.7 Å². The smallest absolute Gasteiger partial charge is 0.298 e. The number of halogens is 2. The summed E-state index contributed by atoms with van der Waals surface area (Å²) in [5, 5.41) is 2.85. The molecular weight excluding hydrogens is 380 g/mol. The van der Waals surface area contributed by atoms with Gasteiger partial charge in [0.2, 0.25) is 0 Å². The summed E-state index contributed by atoms with van der Waals surface area (Å²) in [6.07, 6.45) is 1.06. The van der Waals surface area contributed by atoms with E-state index < -0.39 is 12.5 Å². The monoisotopic (exact) mass is 399 g/mol. The molecule has 150 valence electrons. The van der Waals surface area contributed by atoms with Crippen molar-refractivity contribution in [2.24, 2.45) is 0 Å². The molecule has 0 bridgehead atoms. The molecule has 1 N–H and O–H groups in total. The number of rotatable bonds is 3. The van der Waals surface area contributed by atoms with Crippen LogP contribution < -0.4 is 15.0 Å². The number of oxazole rings is 1. The summed E-state index contributed by atoms with van der Waals surface area (Å²) in [5.41, 5.74) is 3.12. The van der Waals surface area contributed by atoms with Gasteiger partial charge in [-0.3, -0.25) is 4.79 Å². The van der Waals surface area contributed by atoms with E-state index >= 15 is 0 Å². The standard InChI is InChI=1S/C21H19F2N3O3/c22-21(23)7-1-8-26(12-21)20-25-16-11-15(3-5-18(16)29-20)24-19(27)14-2-4-17-13(10-14)6-9-28-17/h2-5,10-11H,1,6-9,12H2,(H,24,27). The normalized spacial score (nSPS) is 17.8. The van der Waals surface area contributed by atoms with Crippen molar-refractivity contribution in [1.29, 1.82) is 0 Å². The number of carbonyl (C=O) groups excluding carboxylic acids is 1. The third-order valence-electron chi connectivity index (χ3n) is 5.25. The molecule has 1 aromatic heterocycles. The third kappa shape index (κ3) is 3.50. The largest absolute Gasteiger partial charge is 0.493 e. The van der Waals surface area contributed by atoms with Gasteiger partial charge in [0.15, 0.2) is 5.58 Å². The number of nitrogens with one attached hydrogen (secondary N) is 1. The minimum atomic E-state index is -2.74. The third-order valence-corrected chi connectivity index (χ3v) is 5.25. The van der Waals surface area contributed by atoms with Crippen molar-refractivity contribution in [2.75, 3.05) is 29.9 Å². The quantitative estimate of drug-likeness (QED) is 0.713. The van der Waals surface area contributed by atoms with Gasteiger partial charge in [-0.15, -0.1) is 0 Å². The van der Waals surface area contributed by atoms with Gasteiger partial charge < -0.3 is 19.4 Å². The molecule has 1 fully saturated rings. The van der Waals surface area contributed by atoms with Crippen molar-refractivity contribution in [2.45, 2.75) is 25.2 Å². The van der Waals surface area contributed by atoms with Gasteiger partial charge in [0.25, 0.3) is 17.8 Å². The molecule has 0 unspecified atom stereocenters. The highest BCUT2D eigenvalue weighted by atomic mass is 19.3. The van der Waals surface area contributed by atoms with Gasteiger partial charge in [-0.1, -0.05) is 0 Å². The molecule has 5 rings (SSSR count). The zero-order valence-electron chi connectivity index (χ0n) is 15.6. The second kappa shape index (κ2) is 6.72. The van der Waals surface area contributed by atoms with Gasteiger partial charge in [-0.05, 0) is 48.4 Å². The number of piperidine rings is 1. The van der Waals surface area contributed by atoms with Gasteiger partial charge in [0.1, 0.15) is 11.3 Å². The van der Waals surface area contributed by atoms with Crippen LogP contribution in [0, 0.1) is 0 Å². The molecule has 2 aliphatic rings. The Morgan fingerprint density at radius 2 is 2.10 bits per heavy atom. The van der Waals surface area contributed by atoms with Crippen molar-refractivity contribution in [3.8, 4) is 5.75 Å².